The molecule has 1 fully saturated rings. The van der Waals surface area contributed by atoms with Crippen molar-refractivity contribution < 1.29 is 9.47 Å². The molecule has 1 saturated heterocycles. The molecule has 1 aliphatic rings. The van der Waals surface area contributed by atoms with Gasteiger partial charge in [0.2, 0.25) is 0 Å². The SMILES string of the molecule is CC1CCC(COc2c(Br)cc(CN)cc2Br)O1. The highest BCUT2D eigenvalue weighted by Gasteiger charge is 2.22. The lowest BCUT2D eigenvalue weighted by Gasteiger charge is -2.15. The number of hydrogen-bond acceptors (Lipinski definition) is 3. The number of hydrogen-bond donors (Lipinski definition) is 1. The summed E-state index contributed by atoms with van der Waals surface area (Å²) in [6.07, 6.45) is 2.73. The van der Waals surface area contributed by atoms with Gasteiger partial charge in [0.25, 0.3) is 0 Å². The van der Waals surface area contributed by atoms with Crippen molar-refractivity contribution in [1.29, 1.82) is 0 Å². The first kappa shape index (κ1) is 14.3. The highest BCUT2D eigenvalue weighted by molar-refractivity contribution is 9.11. The fourth-order valence-electron chi connectivity index (χ4n) is 2.05. The summed E-state index contributed by atoms with van der Waals surface area (Å²) in [5.41, 5.74) is 6.69. The molecule has 1 aliphatic heterocycles. The highest BCUT2D eigenvalue weighted by atomic mass is 79.9. The van der Waals surface area contributed by atoms with E-state index in [0.29, 0.717) is 19.3 Å². The Morgan fingerprint density at radius 3 is 2.50 bits per heavy atom. The maximum absolute atomic E-state index is 5.84. The smallest absolute Gasteiger partial charge is 0.147 e. The van der Waals surface area contributed by atoms with E-state index in [1.54, 1.807) is 0 Å². The number of rotatable bonds is 4. The Morgan fingerprint density at radius 1 is 1.33 bits per heavy atom. The number of nitrogens with two attached hydrogens (primary N) is 1. The van der Waals surface area contributed by atoms with Crippen LogP contribution >= 0.6 is 31.9 Å². The second-order valence-electron chi connectivity index (χ2n) is 4.55. The highest BCUT2D eigenvalue weighted by Crippen LogP contribution is 2.35. The minimum absolute atomic E-state index is 0.202. The van der Waals surface area contributed by atoms with Crippen LogP contribution in [0.4, 0.5) is 0 Å². The number of halogens is 2. The van der Waals surface area contributed by atoms with Gasteiger partial charge in [0, 0.05) is 6.54 Å². The molecule has 3 nitrogen and oxygen atoms in total. The molecule has 2 unspecified atom stereocenters. The van der Waals surface area contributed by atoms with Gasteiger partial charge in [-0.1, -0.05) is 0 Å². The molecule has 0 bridgehead atoms. The number of benzene rings is 1. The van der Waals surface area contributed by atoms with Crippen molar-refractivity contribution >= 4 is 31.9 Å². The lowest BCUT2D eigenvalue weighted by Crippen LogP contribution is -2.18. The summed E-state index contributed by atoms with van der Waals surface area (Å²) in [7, 11) is 0. The van der Waals surface area contributed by atoms with Crippen LogP contribution in [-0.4, -0.2) is 18.8 Å². The molecular formula is C13H17Br2NO2. The van der Waals surface area contributed by atoms with Gasteiger partial charge in [0.05, 0.1) is 21.2 Å². The Morgan fingerprint density at radius 2 is 2.00 bits per heavy atom. The monoisotopic (exact) mass is 377 g/mol. The maximum Gasteiger partial charge on any atom is 0.147 e. The summed E-state index contributed by atoms with van der Waals surface area (Å²) in [5, 5.41) is 0. The topological polar surface area (TPSA) is 44.5 Å². The minimum atomic E-state index is 0.202. The maximum atomic E-state index is 5.84. The van der Waals surface area contributed by atoms with E-state index in [9.17, 15) is 0 Å². The summed E-state index contributed by atoms with van der Waals surface area (Å²) < 4.78 is 13.4. The molecule has 1 aromatic carbocycles. The van der Waals surface area contributed by atoms with Crippen molar-refractivity contribution in [2.75, 3.05) is 6.61 Å². The van der Waals surface area contributed by atoms with Crippen LogP contribution in [0.15, 0.2) is 21.1 Å². The third kappa shape index (κ3) is 3.47. The molecule has 1 heterocycles. The van der Waals surface area contributed by atoms with Crippen LogP contribution in [0.2, 0.25) is 0 Å². The zero-order chi connectivity index (χ0) is 13.1. The van der Waals surface area contributed by atoms with E-state index in [1.165, 1.54) is 0 Å². The first-order chi connectivity index (χ1) is 8.60. The molecule has 100 valence electrons. The van der Waals surface area contributed by atoms with Gasteiger partial charge >= 0.3 is 0 Å². The zero-order valence-corrected chi connectivity index (χ0v) is 13.5. The predicted molar refractivity (Wildman–Crippen MR) is 78.8 cm³/mol. The molecule has 2 atom stereocenters. The molecule has 18 heavy (non-hydrogen) atoms. The normalized spacial score (nSPS) is 23.3. The Kier molecular flexibility index (Phi) is 5.06. The molecule has 1 aromatic rings. The van der Waals surface area contributed by atoms with Gasteiger partial charge < -0.3 is 15.2 Å². The third-order valence-corrected chi connectivity index (χ3v) is 4.21. The van der Waals surface area contributed by atoms with Gasteiger partial charge in [-0.15, -0.1) is 0 Å². The average Bonchev–Trinajstić information content (AvgIpc) is 2.73. The fourth-order valence-corrected chi connectivity index (χ4v) is 3.56. The molecular weight excluding hydrogens is 362 g/mol. The van der Waals surface area contributed by atoms with Crippen molar-refractivity contribution in [3.63, 3.8) is 0 Å². The first-order valence-electron chi connectivity index (χ1n) is 6.06. The quantitative estimate of drug-likeness (QED) is 0.870. The largest absolute Gasteiger partial charge is 0.489 e. The summed E-state index contributed by atoms with van der Waals surface area (Å²) in [6, 6.07) is 3.97. The van der Waals surface area contributed by atoms with Gasteiger partial charge in [-0.25, -0.2) is 0 Å². The second kappa shape index (κ2) is 6.37. The van der Waals surface area contributed by atoms with Gasteiger partial charge in [-0.3, -0.25) is 0 Å². The molecule has 0 aromatic heterocycles. The summed E-state index contributed by atoms with van der Waals surface area (Å²) >= 11 is 7.02. The average molecular weight is 379 g/mol. The Balaban J connectivity index is 2.01. The molecule has 0 amide bonds. The Hall–Kier alpha value is -0.100. The molecule has 2 rings (SSSR count). The van der Waals surface area contributed by atoms with Crippen LogP contribution in [-0.2, 0) is 11.3 Å². The molecule has 0 saturated carbocycles. The molecule has 2 N–H and O–H groups in total. The van der Waals surface area contributed by atoms with Gasteiger partial charge in [0.1, 0.15) is 12.4 Å². The summed E-state index contributed by atoms with van der Waals surface area (Å²) in [6.45, 7) is 3.20. The van der Waals surface area contributed by atoms with E-state index in [4.69, 9.17) is 15.2 Å². The van der Waals surface area contributed by atoms with Gasteiger partial charge in [0.15, 0.2) is 0 Å². The standard InChI is InChI=1S/C13H17Br2NO2/c1-8-2-3-10(18-8)7-17-13-11(14)4-9(6-16)5-12(13)15/h4-5,8,10H,2-3,6-7,16H2,1H3. The third-order valence-electron chi connectivity index (χ3n) is 3.03. The van der Waals surface area contributed by atoms with Gasteiger partial charge in [-0.05, 0) is 69.3 Å². The zero-order valence-electron chi connectivity index (χ0n) is 10.3. The van der Waals surface area contributed by atoms with E-state index in [2.05, 4.69) is 38.8 Å². The van der Waals surface area contributed by atoms with Crippen LogP contribution in [0.5, 0.6) is 5.75 Å². The van der Waals surface area contributed by atoms with Gasteiger partial charge in [-0.2, -0.15) is 0 Å². The van der Waals surface area contributed by atoms with Crippen LogP contribution in [0.25, 0.3) is 0 Å². The minimum Gasteiger partial charge on any atom is -0.489 e. The van der Waals surface area contributed by atoms with Crippen molar-refractivity contribution in [3.05, 3.63) is 26.6 Å². The van der Waals surface area contributed by atoms with Crippen LogP contribution in [0.1, 0.15) is 25.3 Å². The van der Waals surface area contributed by atoms with Crippen molar-refractivity contribution in [3.8, 4) is 5.75 Å². The molecule has 0 radical (unpaired) electrons. The van der Waals surface area contributed by atoms with E-state index in [-0.39, 0.29) is 6.10 Å². The lowest BCUT2D eigenvalue weighted by molar-refractivity contribution is 0.0261. The molecule has 0 spiro atoms. The van der Waals surface area contributed by atoms with E-state index < -0.39 is 0 Å². The Bertz CT molecular complexity index is 402. The predicted octanol–water partition coefficient (Wildman–Crippen LogP) is 3.62. The van der Waals surface area contributed by atoms with E-state index in [1.807, 2.05) is 12.1 Å². The van der Waals surface area contributed by atoms with Crippen molar-refractivity contribution in [2.45, 2.75) is 38.5 Å². The second-order valence-corrected chi connectivity index (χ2v) is 6.26. The van der Waals surface area contributed by atoms with Crippen LogP contribution in [0, 0.1) is 0 Å². The van der Waals surface area contributed by atoms with E-state index >= 15 is 0 Å². The van der Waals surface area contributed by atoms with Crippen LogP contribution in [0.3, 0.4) is 0 Å². The van der Waals surface area contributed by atoms with E-state index in [0.717, 1.165) is 33.1 Å². The number of ether oxygens (including phenoxy) is 2. The van der Waals surface area contributed by atoms with Crippen molar-refractivity contribution in [2.24, 2.45) is 5.73 Å². The van der Waals surface area contributed by atoms with Crippen molar-refractivity contribution in [1.82, 2.24) is 0 Å². The summed E-state index contributed by atoms with van der Waals surface area (Å²) in [5.74, 6) is 0.815. The summed E-state index contributed by atoms with van der Waals surface area (Å²) in [4.78, 5) is 0. The van der Waals surface area contributed by atoms with Crippen LogP contribution < -0.4 is 10.5 Å². The fraction of sp³-hybridized carbons (Fsp3) is 0.538. The molecule has 0 aliphatic carbocycles. The molecule has 5 heteroatoms. The lowest BCUT2D eigenvalue weighted by atomic mass is 10.2. The first-order valence-corrected chi connectivity index (χ1v) is 7.65. The Labute approximate surface area is 124 Å².